The largest absolute Gasteiger partial charge is 0.396 e. The van der Waals surface area contributed by atoms with Crippen LogP contribution in [0.25, 0.3) is 0 Å². The zero-order valence-corrected chi connectivity index (χ0v) is 10.0. The molecule has 0 amide bonds. The van der Waals surface area contributed by atoms with Crippen molar-refractivity contribution in [3.8, 4) is 0 Å². The molecule has 0 heterocycles. The standard InChI is InChI=1S/C13H22N2O/c1-15(8-2-3-9-16)11-13-6-4-12(10-14)5-7-13/h4-7,16H,2-3,8-11,14H2,1H3. The molecule has 0 aliphatic heterocycles. The second-order valence-corrected chi connectivity index (χ2v) is 4.19. The topological polar surface area (TPSA) is 49.5 Å². The van der Waals surface area contributed by atoms with E-state index in [1.54, 1.807) is 0 Å². The highest BCUT2D eigenvalue weighted by Crippen LogP contribution is 2.06. The van der Waals surface area contributed by atoms with Crippen molar-refractivity contribution < 1.29 is 5.11 Å². The predicted octanol–water partition coefficient (Wildman–Crippen LogP) is 1.35. The van der Waals surface area contributed by atoms with E-state index >= 15 is 0 Å². The van der Waals surface area contributed by atoms with E-state index in [1.807, 2.05) is 0 Å². The molecule has 1 aromatic rings. The molecule has 1 aromatic carbocycles. The highest BCUT2D eigenvalue weighted by molar-refractivity contribution is 5.22. The average Bonchev–Trinajstić information content (AvgIpc) is 2.30. The Balaban J connectivity index is 2.34. The maximum Gasteiger partial charge on any atom is 0.0431 e. The van der Waals surface area contributed by atoms with Crippen LogP contribution in [-0.4, -0.2) is 30.2 Å². The van der Waals surface area contributed by atoms with E-state index in [0.717, 1.165) is 25.9 Å². The van der Waals surface area contributed by atoms with Gasteiger partial charge in [0.15, 0.2) is 0 Å². The fraction of sp³-hybridized carbons (Fsp3) is 0.538. The Kier molecular flexibility index (Phi) is 6.08. The van der Waals surface area contributed by atoms with Crippen LogP contribution in [0.5, 0.6) is 0 Å². The van der Waals surface area contributed by atoms with Crippen molar-refractivity contribution in [2.45, 2.75) is 25.9 Å². The average molecular weight is 222 g/mol. The molecule has 3 N–H and O–H groups in total. The van der Waals surface area contributed by atoms with Gasteiger partial charge in [-0.3, -0.25) is 0 Å². The molecule has 0 aliphatic rings. The van der Waals surface area contributed by atoms with Gasteiger partial charge < -0.3 is 15.7 Å². The number of benzene rings is 1. The molecule has 0 spiro atoms. The van der Waals surface area contributed by atoms with Gasteiger partial charge in [-0.25, -0.2) is 0 Å². The van der Waals surface area contributed by atoms with E-state index in [1.165, 1.54) is 11.1 Å². The van der Waals surface area contributed by atoms with Gasteiger partial charge in [-0.15, -0.1) is 0 Å². The monoisotopic (exact) mass is 222 g/mol. The smallest absolute Gasteiger partial charge is 0.0431 e. The van der Waals surface area contributed by atoms with E-state index in [9.17, 15) is 0 Å². The Morgan fingerprint density at radius 3 is 2.31 bits per heavy atom. The Labute approximate surface area is 97.9 Å². The maximum absolute atomic E-state index is 8.70. The lowest BCUT2D eigenvalue weighted by Gasteiger charge is -2.16. The van der Waals surface area contributed by atoms with Crippen LogP contribution in [0.1, 0.15) is 24.0 Å². The summed E-state index contributed by atoms with van der Waals surface area (Å²) in [6.45, 7) is 2.88. The van der Waals surface area contributed by atoms with Gasteiger partial charge >= 0.3 is 0 Å². The number of nitrogens with two attached hydrogens (primary N) is 1. The van der Waals surface area contributed by atoms with Crippen molar-refractivity contribution in [1.29, 1.82) is 0 Å². The summed E-state index contributed by atoms with van der Waals surface area (Å²) in [6.07, 6.45) is 1.93. The van der Waals surface area contributed by atoms with Crippen molar-refractivity contribution in [1.82, 2.24) is 4.90 Å². The first-order valence-electron chi connectivity index (χ1n) is 5.83. The summed E-state index contributed by atoms with van der Waals surface area (Å²) in [6, 6.07) is 8.42. The molecule has 0 fully saturated rings. The number of hydrogen-bond acceptors (Lipinski definition) is 3. The number of unbranched alkanes of at least 4 members (excludes halogenated alkanes) is 1. The summed E-state index contributed by atoms with van der Waals surface area (Å²) in [4.78, 5) is 2.27. The van der Waals surface area contributed by atoms with Gasteiger partial charge in [0.2, 0.25) is 0 Å². The first kappa shape index (κ1) is 13.2. The third kappa shape index (κ3) is 4.75. The van der Waals surface area contributed by atoms with E-state index in [0.29, 0.717) is 13.2 Å². The third-order valence-corrected chi connectivity index (χ3v) is 2.66. The van der Waals surface area contributed by atoms with Crippen LogP contribution >= 0.6 is 0 Å². The van der Waals surface area contributed by atoms with Crippen LogP contribution < -0.4 is 5.73 Å². The Hall–Kier alpha value is -0.900. The minimum atomic E-state index is 0.291. The van der Waals surface area contributed by atoms with Gasteiger partial charge in [-0.1, -0.05) is 24.3 Å². The van der Waals surface area contributed by atoms with Crippen molar-refractivity contribution in [2.24, 2.45) is 5.73 Å². The highest BCUT2D eigenvalue weighted by atomic mass is 16.2. The third-order valence-electron chi connectivity index (χ3n) is 2.66. The van der Waals surface area contributed by atoms with E-state index in [-0.39, 0.29) is 0 Å². The molecule has 0 bridgehead atoms. The Morgan fingerprint density at radius 1 is 1.12 bits per heavy atom. The van der Waals surface area contributed by atoms with Crippen LogP contribution in [-0.2, 0) is 13.1 Å². The number of nitrogens with zero attached hydrogens (tertiary/aromatic N) is 1. The fourth-order valence-electron chi connectivity index (χ4n) is 1.67. The molecule has 3 nitrogen and oxygen atoms in total. The number of hydrogen-bond donors (Lipinski definition) is 2. The van der Waals surface area contributed by atoms with E-state index < -0.39 is 0 Å². The first-order valence-corrected chi connectivity index (χ1v) is 5.83. The quantitative estimate of drug-likeness (QED) is 0.685. The van der Waals surface area contributed by atoms with Crippen molar-refractivity contribution in [3.05, 3.63) is 35.4 Å². The normalized spacial score (nSPS) is 11.0. The second kappa shape index (κ2) is 7.39. The van der Waals surface area contributed by atoms with Gasteiger partial charge in [0, 0.05) is 19.7 Å². The Morgan fingerprint density at radius 2 is 1.75 bits per heavy atom. The molecule has 3 heteroatoms. The molecule has 0 atom stereocenters. The molecule has 16 heavy (non-hydrogen) atoms. The highest BCUT2D eigenvalue weighted by Gasteiger charge is 2.00. The summed E-state index contributed by atoms with van der Waals surface area (Å²) < 4.78 is 0. The van der Waals surface area contributed by atoms with Crippen molar-refractivity contribution >= 4 is 0 Å². The summed E-state index contributed by atoms with van der Waals surface area (Å²) in [5.41, 5.74) is 8.03. The molecule has 0 saturated heterocycles. The second-order valence-electron chi connectivity index (χ2n) is 4.19. The fourth-order valence-corrected chi connectivity index (χ4v) is 1.67. The minimum absolute atomic E-state index is 0.291. The molecular formula is C13H22N2O. The molecule has 0 radical (unpaired) electrons. The zero-order valence-electron chi connectivity index (χ0n) is 10.0. The molecule has 0 aromatic heterocycles. The molecule has 1 rings (SSSR count). The summed E-state index contributed by atoms with van der Waals surface area (Å²) in [5, 5.41) is 8.70. The van der Waals surface area contributed by atoms with E-state index in [4.69, 9.17) is 10.8 Å². The number of aliphatic hydroxyl groups excluding tert-OH is 1. The SMILES string of the molecule is CN(CCCCO)Cc1ccc(CN)cc1. The van der Waals surface area contributed by atoms with Gasteiger partial charge in [0.1, 0.15) is 0 Å². The van der Waals surface area contributed by atoms with E-state index in [2.05, 4.69) is 36.2 Å². The van der Waals surface area contributed by atoms with Crippen LogP contribution in [0.2, 0.25) is 0 Å². The summed E-state index contributed by atoms with van der Waals surface area (Å²) >= 11 is 0. The Bertz CT molecular complexity index is 284. The summed E-state index contributed by atoms with van der Waals surface area (Å²) in [7, 11) is 2.11. The zero-order chi connectivity index (χ0) is 11.8. The van der Waals surface area contributed by atoms with Crippen LogP contribution in [0.4, 0.5) is 0 Å². The lowest BCUT2D eigenvalue weighted by molar-refractivity contribution is 0.261. The molecule has 0 unspecified atom stereocenters. The predicted molar refractivity (Wildman–Crippen MR) is 67.0 cm³/mol. The summed E-state index contributed by atoms with van der Waals surface area (Å²) in [5.74, 6) is 0. The van der Waals surface area contributed by atoms with Gasteiger partial charge in [0.05, 0.1) is 0 Å². The lowest BCUT2D eigenvalue weighted by Crippen LogP contribution is -2.19. The minimum Gasteiger partial charge on any atom is -0.396 e. The molecule has 0 saturated carbocycles. The number of rotatable bonds is 7. The molecule has 90 valence electrons. The molecule has 0 aliphatic carbocycles. The lowest BCUT2D eigenvalue weighted by atomic mass is 10.1. The molecular weight excluding hydrogens is 200 g/mol. The van der Waals surface area contributed by atoms with Gasteiger partial charge in [-0.2, -0.15) is 0 Å². The van der Waals surface area contributed by atoms with Crippen LogP contribution in [0.15, 0.2) is 24.3 Å². The van der Waals surface area contributed by atoms with Crippen LogP contribution in [0, 0.1) is 0 Å². The van der Waals surface area contributed by atoms with Crippen molar-refractivity contribution in [2.75, 3.05) is 20.2 Å². The maximum atomic E-state index is 8.70. The van der Waals surface area contributed by atoms with Gasteiger partial charge in [-0.05, 0) is 37.6 Å². The van der Waals surface area contributed by atoms with Crippen LogP contribution in [0.3, 0.4) is 0 Å². The van der Waals surface area contributed by atoms with Gasteiger partial charge in [0.25, 0.3) is 0 Å². The first-order chi connectivity index (χ1) is 7.76. The number of aliphatic hydroxyl groups is 1. The van der Waals surface area contributed by atoms with Crippen molar-refractivity contribution in [3.63, 3.8) is 0 Å².